The van der Waals surface area contributed by atoms with E-state index in [1.165, 1.54) is 23.3 Å². The van der Waals surface area contributed by atoms with Gasteiger partial charge in [0.2, 0.25) is 11.8 Å². The number of amides is 1. The van der Waals surface area contributed by atoms with Gasteiger partial charge in [-0.1, -0.05) is 0 Å². The largest absolute Gasteiger partial charge is 0.474 e. The number of aromatic nitrogens is 2. The van der Waals surface area contributed by atoms with E-state index in [1.54, 1.807) is 24.8 Å². The summed E-state index contributed by atoms with van der Waals surface area (Å²) in [6.45, 7) is 4.50. The molecule has 0 bridgehead atoms. The lowest BCUT2D eigenvalue weighted by atomic mass is 9.91. The molecule has 1 saturated carbocycles. The van der Waals surface area contributed by atoms with Crippen molar-refractivity contribution >= 4 is 27.5 Å². The fourth-order valence-electron chi connectivity index (χ4n) is 5.69. The highest BCUT2D eigenvalue weighted by Gasteiger charge is 2.34. The third-order valence-corrected chi connectivity index (χ3v) is 8.56. The number of rotatable bonds is 7. The number of nitrogens with zero attached hydrogens (tertiary/aromatic N) is 3. The van der Waals surface area contributed by atoms with E-state index in [0.29, 0.717) is 18.3 Å². The number of primary amides is 1. The maximum atomic E-state index is 11.7. The van der Waals surface area contributed by atoms with Gasteiger partial charge in [0.25, 0.3) is 0 Å². The van der Waals surface area contributed by atoms with Crippen molar-refractivity contribution in [2.24, 2.45) is 5.73 Å². The van der Waals surface area contributed by atoms with Crippen molar-refractivity contribution in [2.75, 3.05) is 33.3 Å². The number of carbonyl (C=O) groups is 1. The average molecular weight is 460 g/mol. The molecule has 1 aliphatic heterocycles. The molecule has 2 aromatic rings. The van der Waals surface area contributed by atoms with Crippen molar-refractivity contribution in [3.63, 3.8) is 0 Å². The maximum Gasteiger partial charge on any atom is 0.246 e. The number of fused-ring (bicyclic) bond motifs is 3. The molecule has 2 aliphatic carbocycles. The quantitative estimate of drug-likeness (QED) is 0.654. The first-order chi connectivity index (χ1) is 15.6. The van der Waals surface area contributed by atoms with Crippen LogP contribution in [-0.2, 0) is 16.0 Å². The van der Waals surface area contributed by atoms with Crippen LogP contribution in [0.1, 0.15) is 54.9 Å². The number of carbonyl (C=O) groups excluding carboxylic acids is 1. The van der Waals surface area contributed by atoms with Crippen molar-refractivity contribution in [3.05, 3.63) is 16.8 Å². The van der Waals surface area contributed by atoms with E-state index in [0.717, 1.165) is 62.1 Å². The monoisotopic (exact) mass is 459 g/mol. The molecule has 1 saturated heterocycles. The Bertz CT molecular complexity index is 953. The Hall–Kier alpha value is -1.81. The number of nitrogens with one attached hydrogen (secondary N) is 1. The minimum atomic E-state index is -0.574. The van der Waals surface area contributed by atoms with Gasteiger partial charge in [0.15, 0.2) is 0 Å². The summed E-state index contributed by atoms with van der Waals surface area (Å²) in [5, 5.41) is 4.48. The van der Waals surface area contributed by atoms with E-state index in [4.69, 9.17) is 15.2 Å². The van der Waals surface area contributed by atoms with Crippen molar-refractivity contribution in [1.82, 2.24) is 20.2 Å². The molecule has 2 aromatic heterocycles. The number of hydrogen-bond donors (Lipinski definition) is 2. The highest BCUT2D eigenvalue weighted by Crippen LogP contribution is 2.48. The van der Waals surface area contributed by atoms with Crippen LogP contribution in [0.25, 0.3) is 10.2 Å². The summed E-state index contributed by atoms with van der Waals surface area (Å²) < 4.78 is 11.9. The Kier molecular flexibility index (Phi) is 6.59. The van der Waals surface area contributed by atoms with E-state index in [9.17, 15) is 4.79 Å². The van der Waals surface area contributed by atoms with Crippen molar-refractivity contribution in [2.45, 2.75) is 69.1 Å². The summed E-state index contributed by atoms with van der Waals surface area (Å²) in [6, 6.07) is 0.678. The van der Waals surface area contributed by atoms with E-state index < -0.39 is 12.0 Å². The molecule has 0 aromatic carbocycles. The van der Waals surface area contributed by atoms with Gasteiger partial charge in [-0.3, -0.25) is 9.69 Å². The first-order valence-electron chi connectivity index (χ1n) is 11.8. The van der Waals surface area contributed by atoms with Crippen LogP contribution >= 0.6 is 11.3 Å². The lowest BCUT2D eigenvalue weighted by Crippen LogP contribution is -2.50. The normalized spacial score (nSPS) is 27.3. The lowest BCUT2D eigenvalue weighted by molar-refractivity contribution is -0.128. The molecular weight excluding hydrogens is 426 g/mol. The number of methoxy groups -OCH3 is 1. The minimum Gasteiger partial charge on any atom is -0.474 e. The third kappa shape index (κ3) is 4.35. The molecule has 174 valence electrons. The van der Waals surface area contributed by atoms with Crippen LogP contribution in [0.3, 0.4) is 0 Å². The highest BCUT2D eigenvalue weighted by molar-refractivity contribution is 7.19. The van der Waals surface area contributed by atoms with Crippen LogP contribution in [0.5, 0.6) is 5.88 Å². The molecule has 2 fully saturated rings. The molecule has 0 radical (unpaired) electrons. The van der Waals surface area contributed by atoms with Crippen molar-refractivity contribution in [3.8, 4) is 5.88 Å². The second-order valence-electron chi connectivity index (χ2n) is 9.23. The van der Waals surface area contributed by atoms with Crippen LogP contribution in [0.4, 0.5) is 0 Å². The zero-order valence-electron chi connectivity index (χ0n) is 18.7. The fourth-order valence-corrected chi connectivity index (χ4v) is 6.92. The van der Waals surface area contributed by atoms with Crippen LogP contribution in [0.15, 0.2) is 6.33 Å². The predicted molar refractivity (Wildman–Crippen MR) is 124 cm³/mol. The van der Waals surface area contributed by atoms with Crippen LogP contribution in [0, 0.1) is 0 Å². The van der Waals surface area contributed by atoms with Gasteiger partial charge in [0.1, 0.15) is 23.4 Å². The topological polar surface area (TPSA) is 103 Å². The summed E-state index contributed by atoms with van der Waals surface area (Å²) in [7, 11) is 1.55. The SMILES string of the molecule is CO[C@H](C[C@H]1CCc2sc3ncnc(OC4CCC(N5CCNCC5)CC4)c3c21)C(N)=O. The molecule has 3 aliphatic rings. The standard InChI is InChI=1S/C23H33N5O3S/c1-30-17(21(24)29)12-14-2-7-18-19(14)20-22(26-13-27-23(20)32-18)31-16-5-3-15(4-6-16)28-10-8-25-9-11-28/h13-17,25H,2-12H2,1H3,(H2,24,29)/t14-,15?,16?,17-/m1/s1. The van der Waals surface area contributed by atoms with Crippen LogP contribution in [-0.4, -0.2) is 72.3 Å². The summed E-state index contributed by atoms with van der Waals surface area (Å²) in [4.78, 5) is 25.8. The highest BCUT2D eigenvalue weighted by atomic mass is 32.1. The second-order valence-corrected chi connectivity index (χ2v) is 10.3. The molecular formula is C23H33N5O3S. The Morgan fingerprint density at radius 3 is 2.75 bits per heavy atom. The summed E-state index contributed by atoms with van der Waals surface area (Å²) >= 11 is 1.73. The number of ether oxygens (including phenoxy) is 2. The Morgan fingerprint density at radius 1 is 1.25 bits per heavy atom. The molecule has 8 nitrogen and oxygen atoms in total. The number of thiophene rings is 1. The molecule has 1 amide bonds. The maximum absolute atomic E-state index is 11.7. The van der Waals surface area contributed by atoms with E-state index in [2.05, 4.69) is 20.2 Å². The minimum absolute atomic E-state index is 0.194. The molecule has 0 spiro atoms. The number of aryl methyl sites for hydroxylation is 1. The summed E-state index contributed by atoms with van der Waals surface area (Å²) in [5.74, 6) is 0.514. The van der Waals surface area contributed by atoms with Gasteiger partial charge in [-0.05, 0) is 56.4 Å². The summed E-state index contributed by atoms with van der Waals surface area (Å²) in [6.07, 6.45) is 8.29. The molecule has 9 heteroatoms. The van der Waals surface area contributed by atoms with E-state index >= 15 is 0 Å². The molecule has 32 heavy (non-hydrogen) atoms. The van der Waals surface area contributed by atoms with Crippen LogP contribution < -0.4 is 15.8 Å². The predicted octanol–water partition coefficient (Wildman–Crippen LogP) is 2.21. The van der Waals surface area contributed by atoms with Gasteiger partial charge >= 0.3 is 0 Å². The molecule has 0 unspecified atom stereocenters. The zero-order valence-corrected chi connectivity index (χ0v) is 19.5. The van der Waals surface area contributed by atoms with Gasteiger partial charge in [-0.2, -0.15) is 0 Å². The molecule has 3 heterocycles. The smallest absolute Gasteiger partial charge is 0.246 e. The number of nitrogens with two attached hydrogens (primary N) is 1. The van der Waals surface area contributed by atoms with Crippen molar-refractivity contribution < 1.29 is 14.3 Å². The molecule has 2 atom stereocenters. The van der Waals surface area contributed by atoms with Gasteiger partial charge in [0.05, 0.1) is 5.39 Å². The number of piperazine rings is 1. The Labute approximate surface area is 192 Å². The summed E-state index contributed by atoms with van der Waals surface area (Å²) in [5.41, 5.74) is 6.78. The first kappa shape index (κ1) is 22.0. The zero-order chi connectivity index (χ0) is 22.1. The fraction of sp³-hybridized carbons (Fsp3) is 0.696. The second kappa shape index (κ2) is 9.59. The van der Waals surface area contributed by atoms with Crippen molar-refractivity contribution in [1.29, 1.82) is 0 Å². The average Bonchev–Trinajstić information content (AvgIpc) is 3.38. The number of hydrogen-bond acceptors (Lipinski definition) is 8. The lowest BCUT2D eigenvalue weighted by Gasteiger charge is -2.39. The Morgan fingerprint density at radius 2 is 2.03 bits per heavy atom. The van der Waals surface area contributed by atoms with Gasteiger partial charge < -0.3 is 20.5 Å². The first-order valence-corrected chi connectivity index (χ1v) is 12.7. The van der Waals surface area contributed by atoms with Gasteiger partial charge in [-0.15, -0.1) is 11.3 Å². The molecule has 3 N–H and O–H groups in total. The van der Waals surface area contributed by atoms with Gasteiger partial charge in [-0.25, -0.2) is 9.97 Å². The van der Waals surface area contributed by atoms with E-state index in [-0.39, 0.29) is 12.0 Å². The van der Waals surface area contributed by atoms with Gasteiger partial charge in [0, 0.05) is 44.2 Å². The van der Waals surface area contributed by atoms with Crippen LogP contribution in [0.2, 0.25) is 0 Å². The Balaban J connectivity index is 1.32. The van der Waals surface area contributed by atoms with E-state index in [1.807, 2.05) is 0 Å². The molecule has 5 rings (SSSR count). The third-order valence-electron chi connectivity index (χ3n) is 7.39.